The van der Waals surface area contributed by atoms with Gasteiger partial charge in [-0.25, -0.2) is 15.0 Å². The van der Waals surface area contributed by atoms with E-state index >= 15 is 0 Å². The molecule has 0 atom stereocenters. The van der Waals surface area contributed by atoms with Crippen molar-refractivity contribution in [1.29, 1.82) is 0 Å². The number of hydrogen-bond acceptors (Lipinski definition) is 5. The van der Waals surface area contributed by atoms with Crippen LogP contribution in [0.5, 0.6) is 0 Å². The Kier molecular flexibility index (Phi) is 8.95. The fourth-order valence-electron chi connectivity index (χ4n) is 10.9. The van der Waals surface area contributed by atoms with Crippen molar-refractivity contribution in [3.05, 3.63) is 259 Å². The third kappa shape index (κ3) is 6.18. The van der Waals surface area contributed by atoms with E-state index in [1.54, 1.807) is 11.3 Å². The normalized spacial score (nSPS) is 12.8. The average Bonchev–Trinajstić information content (AvgIpc) is 4.10. The number of para-hydroxylation sites is 1. The summed E-state index contributed by atoms with van der Waals surface area (Å²) in [5.41, 5.74) is 15.8. The zero-order valence-corrected chi connectivity index (χ0v) is 38.0. The van der Waals surface area contributed by atoms with Crippen LogP contribution in [0.3, 0.4) is 0 Å². The van der Waals surface area contributed by atoms with Crippen LogP contribution >= 0.6 is 11.3 Å². The number of fused-ring (bicyclic) bond motifs is 9. The number of thiophene rings is 1. The lowest BCUT2D eigenvalue weighted by Crippen LogP contribution is -2.28. The predicted molar refractivity (Wildman–Crippen MR) is 284 cm³/mol. The molecule has 14 rings (SSSR count). The second-order valence-corrected chi connectivity index (χ2v) is 18.9. The molecule has 0 amide bonds. The number of rotatable bonds is 7. The molecule has 3 heterocycles. The first kappa shape index (κ1) is 39.4. The van der Waals surface area contributed by atoms with Crippen molar-refractivity contribution in [3.8, 4) is 67.5 Å². The van der Waals surface area contributed by atoms with Crippen LogP contribution < -0.4 is 0 Å². The van der Waals surface area contributed by atoms with Gasteiger partial charge in [-0.05, 0) is 92.0 Å². The molecular weight excluding hydrogens is 859 g/mol. The number of nitrogens with zero attached hydrogens (tertiary/aromatic N) is 3. The van der Waals surface area contributed by atoms with E-state index in [1.807, 2.05) is 12.1 Å². The molecule has 0 saturated carbocycles. The van der Waals surface area contributed by atoms with Gasteiger partial charge in [-0.2, -0.15) is 0 Å². The van der Waals surface area contributed by atoms with E-state index in [-0.39, 0.29) is 0 Å². The maximum absolute atomic E-state index is 6.14. The van der Waals surface area contributed by atoms with Crippen molar-refractivity contribution in [2.75, 3.05) is 0 Å². The third-order valence-electron chi connectivity index (χ3n) is 14.1. The highest BCUT2D eigenvalue weighted by Crippen LogP contribution is 2.58. The Balaban J connectivity index is 0.935. The summed E-state index contributed by atoms with van der Waals surface area (Å²) in [5.74, 6) is 1.90. The molecule has 1 aliphatic rings. The maximum atomic E-state index is 6.14. The van der Waals surface area contributed by atoms with Gasteiger partial charge in [0.15, 0.2) is 17.5 Å². The molecule has 0 N–H and O–H groups in total. The lowest BCUT2D eigenvalue weighted by atomic mass is 9.67. The van der Waals surface area contributed by atoms with E-state index in [2.05, 4.69) is 224 Å². The van der Waals surface area contributed by atoms with Crippen LogP contribution in [0.2, 0.25) is 0 Å². The van der Waals surface area contributed by atoms with Crippen LogP contribution in [0.4, 0.5) is 0 Å². The second-order valence-electron chi connectivity index (χ2n) is 17.8. The second kappa shape index (κ2) is 15.7. The van der Waals surface area contributed by atoms with Crippen molar-refractivity contribution >= 4 is 53.4 Å². The van der Waals surface area contributed by atoms with Crippen molar-refractivity contribution in [3.63, 3.8) is 0 Å². The minimum absolute atomic E-state index is 0.556. The quantitative estimate of drug-likeness (QED) is 0.160. The minimum Gasteiger partial charge on any atom is -0.456 e. The van der Waals surface area contributed by atoms with Gasteiger partial charge in [-0.15, -0.1) is 11.3 Å². The fraction of sp³-hybridized carbons (Fsp3) is 0.0156. The molecule has 10 aromatic carbocycles. The molecule has 1 aliphatic carbocycles. The Hall–Kier alpha value is -8.77. The summed E-state index contributed by atoms with van der Waals surface area (Å²) >= 11 is 1.79. The summed E-state index contributed by atoms with van der Waals surface area (Å²) in [6.45, 7) is 0. The van der Waals surface area contributed by atoms with Crippen LogP contribution in [0.15, 0.2) is 241 Å². The fourth-order valence-corrected chi connectivity index (χ4v) is 12.2. The van der Waals surface area contributed by atoms with Crippen LogP contribution in [0.1, 0.15) is 22.3 Å². The van der Waals surface area contributed by atoms with E-state index < -0.39 is 5.41 Å². The maximum Gasteiger partial charge on any atom is 0.165 e. The SMILES string of the molecule is c1ccc(C2(c3ccccc3)c3ccccc3-c3c(-c4nc(-c5ccc(-c6cccc(-c7ccc8oc9ccccc9c8c7)c6)cc5)nc(-c5cccc6c5sc5ccccc56)n4)cccc32)cc1. The number of hydrogen-bond donors (Lipinski definition) is 0. The van der Waals surface area contributed by atoms with Crippen molar-refractivity contribution in [2.45, 2.75) is 5.41 Å². The smallest absolute Gasteiger partial charge is 0.165 e. The summed E-state index contributed by atoms with van der Waals surface area (Å²) in [6.07, 6.45) is 0. The molecule has 0 bridgehead atoms. The number of furan rings is 1. The van der Waals surface area contributed by atoms with Crippen molar-refractivity contribution in [1.82, 2.24) is 15.0 Å². The molecule has 5 heteroatoms. The van der Waals surface area contributed by atoms with E-state index in [0.717, 1.165) is 71.1 Å². The molecule has 13 aromatic rings. The first-order chi connectivity index (χ1) is 34.2. The van der Waals surface area contributed by atoms with Gasteiger partial charge in [0.25, 0.3) is 0 Å². The van der Waals surface area contributed by atoms with Crippen LogP contribution in [0.25, 0.3) is 110 Å². The Bertz CT molecular complexity index is 4100. The molecule has 0 saturated heterocycles. The molecule has 0 radical (unpaired) electrons. The predicted octanol–water partition coefficient (Wildman–Crippen LogP) is 16.8. The lowest BCUT2D eigenvalue weighted by Gasteiger charge is -2.33. The van der Waals surface area contributed by atoms with E-state index in [0.29, 0.717) is 17.5 Å². The van der Waals surface area contributed by atoms with Gasteiger partial charge in [-0.3, -0.25) is 0 Å². The summed E-state index contributed by atoms with van der Waals surface area (Å²) < 4.78 is 8.54. The summed E-state index contributed by atoms with van der Waals surface area (Å²) in [6, 6.07) is 84.6. The Morgan fingerprint density at radius 3 is 1.68 bits per heavy atom. The Morgan fingerprint density at radius 2 is 0.870 bits per heavy atom. The zero-order chi connectivity index (χ0) is 45.5. The average molecular weight is 898 g/mol. The Labute approximate surface area is 402 Å². The van der Waals surface area contributed by atoms with Crippen LogP contribution in [0, 0.1) is 0 Å². The summed E-state index contributed by atoms with van der Waals surface area (Å²) in [7, 11) is 0. The monoisotopic (exact) mass is 897 g/mol. The van der Waals surface area contributed by atoms with Gasteiger partial charge in [0.1, 0.15) is 11.2 Å². The molecule has 3 aromatic heterocycles. The van der Waals surface area contributed by atoms with Crippen molar-refractivity contribution < 1.29 is 4.42 Å². The largest absolute Gasteiger partial charge is 0.456 e. The van der Waals surface area contributed by atoms with Gasteiger partial charge in [-0.1, -0.05) is 200 Å². The third-order valence-corrected chi connectivity index (χ3v) is 15.3. The molecular formula is C64H39N3OS. The van der Waals surface area contributed by atoms with Crippen LogP contribution in [-0.2, 0) is 5.41 Å². The molecule has 69 heavy (non-hydrogen) atoms. The van der Waals surface area contributed by atoms with Gasteiger partial charge in [0.2, 0.25) is 0 Å². The van der Waals surface area contributed by atoms with Gasteiger partial charge < -0.3 is 4.42 Å². The Morgan fingerprint density at radius 1 is 0.333 bits per heavy atom. The number of aromatic nitrogens is 3. The zero-order valence-electron chi connectivity index (χ0n) is 37.2. The first-order valence-corrected chi connectivity index (χ1v) is 24.1. The summed E-state index contributed by atoms with van der Waals surface area (Å²) in [4.78, 5) is 16.3. The van der Waals surface area contributed by atoms with E-state index in [9.17, 15) is 0 Å². The van der Waals surface area contributed by atoms with E-state index in [1.165, 1.54) is 43.3 Å². The van der Waals surface area contributed by atoms with Gasteiger partial charge in [0.05, 0.1) is 5.41 Å². The highest BCUT2D eigenvalue weighted by Gasteiger charge is 2.47. The van der Waals surface area contributed by atoms with E-state index in [4.69, 9.17) is 19.4 Å². The minimum atomic E-state index is -0.556. The van der Waals surface area contributed by atoms with Crippen molar-refractivity contribution in [2.24, 2.45) is 0 Å². The van der Waals surface area contributed by atoms with Gasteiger partial charge >= 0.3 is 0 Å². The topological polar surface area (TPSA) is 51.8 Å². The van der Waals surface area contributed by atoms with Crippen LogP contribution in [-0.4, -0.2) is 15.0 Å². The highest BCUT2D eigenvalue weighted by molar-refractivity contribution is 7.26. The molecule has 0 spiro atoms. The standard InChI is InChI=1S/C64H39N3OS/c1-3-18-45(19-4-1)64(46-20-5-2-6-21-46)54-28-10-7-24-50(54)59-51(26-15-29-55(59)64)62-65-61(66-63(67-62)52-27-14-25-49-48-23-9-12-31-58(48)69-60(49)52)41-34-32-40(33-35-41)42-16-13-17-43(38-42)44-36-37-57-53(39-44)47-22-8-11-30-56(47)68-57/h1-39H. The summed E-state index contributed by atoms with van der Waals surface area (Å²) in [5, 5.41) is 4.68. The lowest BCUT2D eigenvalue weighted by molar-refractivity contribution is 0.669. The molecule has 4 nitrogen and oxygen atoms in total. The highest BCUT2D eigenvalue weighted by atomic mass is 32.1. The molecule has 0 aliphatic heterocycles. The molecule has 0 unspecified atom stereocenters. The number of benzene rings is 10. The molecule has 0 fully saturated rings. The first-order valence-electron chi connectivity index (χ1n) is 23.3. The van der Waals surface area contributed by atoms with Gasteiger partial charge in [0, 0.05) is 47.6 Å². The molecule has 322 valence electrons.